The van der Waals surface area contributed by atoms with Gasteiger partial charge in [0.2, 0.25) is 0 Å². The zero-order chi connectivity index (χ0) is 22.3. The molecule has 0 bridgehead atoms. The largest absolute Gasteiger partial charge is 0.367 e. The average Bonchev–Trinajstić information content (AvgIpc) is 3.22. The van der Waals surface area contributed by atoms with Gasteiger partial charge >= 0.3 is 0 Å². The second kappa shape index (κ2) is 10.8. The summed E-state index contributed by atoms with van der Waals surface area (Å²) in [5.41, 5.74) is 11.2. The standard InChI is InChI=1S/C24H36N8/c1-3-19-7-6-10-26-20(19)17-31(12-5-4-9-25)18-22-28-23-21(8-11-27-24(23)29-22)32-15-13-30(2)14-16-32/h6-8,10-11H,3-5,9,12-18,25H2,1-2H3,(H,27,28,29). The highest BCUT2D eigenvalue weighted by molar-refractivity contribution is 5.86. The number of piperazine rings is 1. The molecule has 1 fully saturated rings. The van der Waals surface area contributed by atoms with Crippen molar-refractivity contribution < 1.29 is 0 Å². The Labute approximate surface area is 190 Å². The van der Waals surface area contributed by atoms with Crippen LogP contribution >= 0.6 is 0 Å². The highest BCUT2D eigenvalue weighted by Crippen LogP contribution is 2.25. The average molecular weight is 437 g/mol. The first-order chi connectivity index (χ1) is 15.7. The molecule has 4 heterocycles. The normalized spacial score (nSPS) is 15.2. The van der Waals surface area contributed by atoms with Crippen molar-refractivity contribution in [2.75, 3.05) is 51.2 Å². The van der Waals surface area contributed by atoms with Gasteiger partial charge in [0, 0.05) is 45.1 Å². The van der Waals surface area contributed by atoms with Gasteiger partial charge in [-0.3, -0.25) is 9.88 Å². The summed E-state index contributed by atoms with van der Waals surface area (Å²) in [4.78, 5) is 24.9. The highest BCUT2D eigenvalue weighted by atomic mass is 15.3. The Bertz CT molecular complexity index is 993. The molecule has 3 N–H and O–H groups in total. The van der Waals surface area contributed by atoms with Crippen molar-refractivity contribution in [3.05, 3.63) is 47.7 Å². The minimum atomic E-state index is 0.723. The number of nitrogens with one attached hydrogen (secondary N) is 1. The third-order valence-electron chi connectivity index (χ3n) is 6.30. The van der Waals surface area contributed by atoms with E-state index < -0.39 is 0 Å². The zero-order valence-corrected chi connectivity index (χ0v) is 19.4. The number of aromatic amines is 1. The van der Waals surface area contributed by atoms with Crippen LogP contribution < -0.4 is 10.6 Å². The predicted molar refractivity (Wildman–Crippen MR) is 130 cm³/mol. The summed E-state index contributed by atoms with van der Waals surface area (Å²) in [6.45, 7) is 9.61. The number of rotatable bonds is 10. The Kier molecular flexibility index (Phi) is 7.68. The fourth-order valence-electron chi connectivity index (χ4n) is 4.38. The van der Waals surface area contributed by atoms with Crippen LogP contribution in [0.4, 0.5) is 5.69 Å². The molecule has 4 rings (SSSR count). The number of hydrogen-bond donors (Lipinski definition) is 2. The molecular weight excluding hydrogens is 400 g/mol. The predicted octanol–water partition coefficient (Wildman–Crippen LogP) is 2.41. The lowest BCUT2D eigenvalue weighted by atomic mass is 10.1. The number of anilines is 1. The maximum Gasteiger partial charge on any atom is 0.179 e. The van der Waals surface area contributed by atoms with Gasteiger partial charge in [-0.2, -0.15) is 0 Å². The van der Waals surface area contributed by atoms with Crippen LogP contribution in [0.2, 0.25) is 0 Å². The summed E-state index contributed by atoms with van der Waals surface area (Å²) >= 11 is 0. The van der Waals surface area contributed by atoms with E-state index in [0.717, 1.165) is 94.3 Å². The zero-order valence-electron chi connectivity index (χ0n) is 19.4. The minimum absolute atomic E-state index is 0.723. The lowest BCUT2D eigenvalue weighted by Crippen LogP contribution is -2.44. The molecule has 0 amide bonds. The van der Waals surface area contributed by atoms with Crippen molar-refractivity contribution in [3.8, 4) is 0 Å². The summed E-state index contributed by atoms with van der Waals surface area (Å²) < 4.78 is 0. The van der Waals surface area contributed by atoms with Crippen molar-refractivity contribution >= 4 is 16.9 Å². The molecule has 8 nitrogen and oxygen atoms in total. The summed E-state index contributed by atoms with van der Waals surface area (Å²) in [5, 5.41) is 0. The molecule has 8 heteroatoms. The van der Waals surface area contributed by atoms with Gasteiger partial charge in [-0.25, -0.2) is 9.97 Å². The lowest BCUT2D eigenvalue weighted by molar-refractivity contribution is 0.243. The molecule has 32 heavy (non-hydrogen) atoms. The fraction of sp³-hybridized carbons (Fsp3) is 0.542. The third-order valence-corrected chi connectivity index (χ3v) is 6.30. The van der Waals surface area contributed by atoms with Crippen molar-refractivity contribution in [2.45, 2.75) is 39.3 Å². The van der Waals surface area contributed by atoms with Crippen LogP contribution in [0.3, 0.4) is 0 Å². The topological polar surface area (TPSA) is 90.2 Å². The quantitative estimate of drug-likeness (QED) is 0.472. The number of hydrogen-bond acceptors (Lipinski definition) is 7. The van der Waals surface area contributed by atoms with Gasteiger partial charge in [-0.05, 0) is 57.1 Å². The van der Waals surface area contributed by atoms with E-state index in [4.69, 9.17) is 10.7 Å². The lowest BCUT2D eigenvalue weighted by Gasteiger charge is -2.34. The Morgan fingerprint density at radius 2 is 1.91 bits per heavy atom. The van der Waals surface area contributed by atoms with E-state index in [2.05, 4.69) is 55.8 Å². The molecule has 1 aliphatic heterocycles. The molecule has 172 valence electrons. The van der Waals surface area contributed by atoms with Crippen molar-refractivity contribution in [1.82, 2.24) is 29.7 Å². The van der Waals surface area contributed by atoms with Crippen LogP contribution in [-0.2, 0) is 19.5 Å². The SMILES string of the molecule is CCc1cccnc1CN(CCCCN)Cc1nc2nccc(N3CCN(C)CC3)c2[nH]1. The smallest absolute Gasteiger partial charge is 0.179 e. The summed E-state index contributed by atoms with van der Waals surface area (Å²) in [5.74, 6) is 0.954. The minimum Gasteiger partial charge on any atom is -0.367 e. The monoisotopic (exact) mass is 436 g/mol. The molecule has 0 atom stereocenters. The van der Waals surface area contributed by atoms with Crippen molar-refractivity contribution in [1.29, 1.82) is 0 Å². The van der Waals surface area contributed by atoms with Crippen molar-refractivity contribution in [2.24, 2.45) is 5.73 Å². The third kappa shape index (κ3) is 5.43. The number of unbranched alkanes of at least 4 members (excludes halogenated alkanes) is 1. The highest BCUT2D eigenvalue weighted by Gasteiger charge is 2.19. The second-order valence-electron chi connectivity index (χ2n) is 8.67. The van der Waals surface area contributed by atoms with Gasteiger partial charge in [0.05, 0.1) is 17.9 Å². The van der Waals surface area contributed by atoms with Gasteiger partial charge in [0.1, 0.15) is 11.3 Å². The van der Waals surface area contributed by atoms with E-state index in [1.54, 1.807) is 0 Å². The van der Waals surface area contributed by atoms with Crippen LogP contribution in [0, 0.1) is 0 Å². The van der Waals surface area contributed by atoms with Gasteiger partial charge in [-0.1, -0.05) is 13.0 Å². The molecule has 3 aromatic rings. The molecule has 0 aromatic carbocycles. The first-order valence-corrected chi connectivity index (χ1v) is 11.8. The van der Waals surface area contributed by atoms with E-state index in [1.807, 2.05) is 18.5 Å². The summed E-state index contributed by atoms with van der Waals surface area (Å²) in [7, 11) is 2.18. The molecule has 0 saturated carbocycles. The van der Waals surface area contributed by atoms with Gasteiger partial charge in [0.15, 0.2) is 5.65 Å². The van der Waals surface area contributed by atoms with E-state index in [1.165, 1.54) is 11.3 Å². The number of aryl methyl sites for hydroxylation is 1. The molecule has 0 aliphatic carbocycles. The number of aromatic nitrogens is 4. The van der Waals surface area contributed by atoms with Crippen LogP contribution in [0.5, 0.6) is 0 Å². The Hall–Kier alpha value is -2.55. The van der Waals surface area contributed by atoms with Crippen molar-refractivity contribution in [3.63, 3.8) is 0 Å². The number of nitrogens with zero attached hydrogens (tertiary/aromatic N) is 6. The Morgan fingerprint density at radius 1 is 1.06 bits per heavy atom. The Balaban J connectivity index is 1.54. The molecule has 0 spiro atoms. The van der Waals surface area contributed by atoms with Crippen LogP contribution in [0.1, 0.15) is 36.8 Å². The number of nitrogens with two attached hydrogens (primary N) is 1. The molecule has 0 radical (unpaired) electrons. The Morgan fingerprint density at radius 3 is 2.69 bits per heavy atom. The maximum atomic E-state index is 5.75. The van der Waals surface area contributed by atoms with E-state index in [0.29, 0.717) is 0 Å². The van der Waals surface area contributed by atoms with E-state index in [-0.39, 0.29) is 0 Å². The van der Waals surface area contributed by atoms with Gasteiger partial charge in [0.25, 0.3) is 0 Å². The maximum absolute atomic E-state index is 5.75. The second-order valence-corrected chi connectivity index (χ2v) is 8.67. The molecule has 1 aliphatic rings. The first kappa shape index (κ1) is 22.6. The number of fused-ring (bicyclic) bond motifs is 1. The molecule has 3 aromatic heterocycles. The number of pyridine rings is 2. The van der Waals surface area contributed by atoms with Crippen LogP contribution in [-0.4, -0.2) is 76.1 Å². The van der Waals surface area contributed by atoms with Gasteiger partial charge < -0.3 is 20.5 Å². The molecular formula is C24H36N8. The summed E-state index contributed by atoms with van der Waals surface area (Å²) in [6, 6.07) is 6.30. The van der Waals surface area contributed by atoms with E-state index in [9.17, 15) is 0 Å². The number of imidazole rings is 1. The summed E-state index contributed by atoms with van der Waals surface area (Å²) in [6.07, 6.45) is 6.84. The van der Waals surface area contributed by atoms with E-state index >= 15 is 0 Å². The van der Waals surface area contributed by atoms with Crippen LogP contribution in [0.25, 0.3) is 11.2 Å². The number of likely N-dealkylation sites (N-methyl/N-ethyl adjacent to an activating group) is 1. The van der Waals surface area contributed by atoms with Crippen LogP contribution in [0.15, 0.2) is 30.6 Å². The molecule has 0 unspecified atom stereocenters. The molecule has 1 saturated heterocycles. The first-order valence-electron chi connectivity index (χ1n) is 11.8. The number of H-pyrrole nitrogens is 1. The fourth-order valence-corrected chi connectivity index (χ4v) is 4.38. The van der Waals surface area contributed by atoms with Gasteiger partial charge in [-0.15, -0.1) is 0 Å².